The van der Waals surface area contributed by atoms with Crippen LogP contribution < -0.4 is 0 Å². The smallest absolute Gasteiger partial charge is 0.00934 e. The Kier molecular flexibility index (Phi) is 14.0. The van der Waals surface area contributed by atoms with Crippen molar-refractivity contribution in [3.05, 3.63) is 22.9 Å². The normalized spacial score (nSPS) is 9.29. The van der Waals surface area contributed by atoms with Gasteiger partial charge in [-0.25, -0.2) is 0 Å². The fraction of sp³-hybridized carbons (Fsp3) is 0.667. The van der Waals surface area contributed by atoms with E-state index in [1.54, 1.807) is 20.2 Å². The van der Waals surface area contributed by atoms with E-state index in [1.807, 2.05) is 22.9 Å². The summed E-state index contributed by atoms with van der Waals surface area (Å²) >= 11 is 1.86. The van der Waals surface area contributed by atoms with Crippen LogP contribution in [0.25, 0.3) is 0 Å². The van der Waals surface area contributed by atoms with Crippen LogP contribution in [0.5, 0.6) is 0 Å². The third-order valence-electron chi connectivity index (χ3n) is 1.84. The van der Waals surface area contributed by atoms with Gasteiger partial charge in [-0.15, -0.1) is 0 Å². The van der Waals surface area contributed by atoms with Gasteiger partial charge in [0, 0.05) is 0 Å². The maximum absolute atomic E-state index is 2.29. The molecule has 0 aliphatic rings. The molecule has 1 aromatic rings. The molecule has 0 aromatic carbocycles. The molecule has 0 saturated heterocycles. The number of rotatable bonds is 6. The average molecular weight is 317 g/mol. The molecular formula is C12H22SSn. The van der Waals surface area contributed by atoms with Crippen LogP contribution in [-0.4, -0.2) is 21.1 Å². The molecule has 0 atom stereocenters. The van der Waals surface area contributed by atoms with Crippen molar-refractivity contribution >= 4 is 32.5 Å². The minimum Gasteiger partial charge on any atom is -0.152 e. The third kappa shape index (κ3) is 12.5. The molecule has 0 aliphatic carbocycles. The Labute approximate surface area is 103 Å². The molecule has 0 unspecified atom stereocenters. The van der Waals surface area contributed by atoms with Crippen molar-refractivity contribution in [1.82, 2.24) is 0 Å². The minimum absolute atomic E-state index is 0.149. The maximum Gasteiger partial charge on any atom is -0.00934 e. The number of hydrogen-bond donors (Lipinski definition) is 0. The molecule has 14 heavy (non-hydrogen) atoms. The standard InChI is InChI=1S/C4H4S.2C4H9.Sn/c1-2-4-5-3-1;2*1-3-4-2;/h1-4H;2*1,3-4H2,2H3;. The van der Waals surface area contributed by atoms with Crippen molar-refractivity contribution in [2.45, 2.75) is 48.4 Å². The Bertz CT molecular complexity index is 138. The van der Waals surface area contributed by atoms with Gasteiger partial charge in [-0.2, -0.15) is 11.3 Å². The van der Waals surface area contributed by atoms with E-state index >= 15 is 0 Å². The van der Waals surface area contributed by atoms with Crippen LogP contribution in [0.15, 0.2) is 22.9 Å². The first-order valence-electron chi connectivity index (χ1n) is 5.59. The molecule has 0 spiro atoms. The van der Waals surface area contributed by atoms with Gasteiger partial charge in [0.1, 0.15) is 0 Å². The van der Waals surface area contributed by atoms with E-state index in [-0.39, 0.29) is 21.1 Å². The van der Waals surface area contributed by atoms with Crippen LogP contribution >= 0.6 is 11.3 Å². The van der Waals surface area contributed by atoms with E-state index in [0.29, 0.717) is 0 Å². The molecule has 2 heteroatoms. The molecule has 2 radical (unpaired) electrons. The predicted octanol–water partition coefficient (Wildman–Crippen LogP) is 4.88. The summed E-state index contributed by atoms with van der Waals surface area (Å²) in [5, 5.41) is 4.08. The zero-order valence-electron chi connectivity index (χ0n) is 9.46. The van der Waals surface area contributed by atoms with Gasteiger partial charge >= 0.3 is 69.5 Å². The predicted molar refractivity (Wildman–Crippen MR) is 69.5 cm³/mol. The van der Waals surface area contributed by atoms with Crippen molar-refractivity contribution in [2.24, 2.45) is 0 Å². The molecule has 0 amide bonds. The Hall–Kier alpha value is 0.499. The summed E-state index contributed by atoms with van der Waals surface area (Å²) in [4.78, 5) is 0. The first kappa shape index (κ1) is 14.5. The topological polar surface area (TPSA) is 0 Å². The van der Waals surface area contributed by atoms with Crippen molar-refractivity contribution in [3.63, 3.8) is 0 Å². The summed E-state index contributed by atoms with van der Waals surface area (Å²) in [5.74, 6) is 0. The minimum atomic E-state index is 0.149. The number of unbranched alkanes of at least 4 members (excludes halogenated alkanes) is 2. The van der Waals surface area contributed by atoms with E-state index in [0.717, 1.165) is 0 Å². The average Bonchev–Trinajstić information content (AvgIpc) is 2.76. The molecule has 1 aromatic heterocycles. The fourth-order valence-electron chi connectivity index (χ4n) is 0.955. The first-order valence-corrected chi connectivity index (χ1v) is 10.6. The van der Waals surface area contributed by atoms with Crippen molar-refractivity contribution in [2.75, 3.05) is 0 Å². The Morgan fingerprint density at radius 2 is 1.43 bits per heavy atom. The van der Waals surface area contributed by atoms with Crippen molar-refractivity contribution in [3.8, 4) is 0 Å². The van der Waals surface area contributed by atoms with Gasteiger partial charge in [-0.3, -0.25) is 0 Å². The Balaban J connectivity index is 0.000000280. The third-order valence-corrected chi connectivity index (χ3v) is 6.50. The van der Waals surface area contributed by atoms with Gasteiger partial charge in [-0.05, 0) is 10.8 Å². The monoisotopic (exact) mass is 318 g/mol. The van der Waals surface area contributed by atoms with Crippen LogP contribution in [0.2, 0.25) is 8.87 Å². The van der Waals surface area contributed by atoms with Crippen molar-refractivity contribution < 1.29 is 0 Å². The Morgan fingerprint density at radius 1 is 0.929 bits per heavy atom. The van der Waals surface area contributed by atoms with Crippen LogP contribution in [0, 0.1) is 0 Å². The van der Waals surface area contributed by atoms with Crippen molar-refractivity contribution in [1.29, 1.82) is 0 Å². The summed E-state index contributed by atoms with van der Waals surface area (Å²) in [6.07, 6.45) is 5.84. The fourth-order valence-corrected chi connectivity index (χ4v) is 5.57. The molecule has 0 saturated carbocycles. The van der Waals surface area contributed by atoms with Crippen LogP contribution in [0.1, 0.15) is 39.5 Å². The molecule has 0 N–H and O–H groups in total. The molecule has 80 valence electrons. The van der Waals surface area contributed by atoms with Gasteiger partial charge in [0.2, 0.25) is 0 Å². The second-order valence-corrected chi connectivity index (χ2v) is 8.35. The van der Waals surface area contributed by atoms with Gasteiger partial charge < -0.3 is 0 Å². The van der Waals surface area contributed by atoms with Gasteiger partial charge in [0.05, 0.1) is 0 Å². The molecule has 0 nitrogen and oxygen atoms in total. The summed E-state index contributed by atoms with van der Waals surface area (Å²) in [7, 11) is 0. The number of hydrogen-bond acceptors (Lipinski definition) is 1. The number of thiophene rings is 1. The Morgan fingerprint density at radius 3 is 1.71 bits per heavy atom. The van der Waals surface area contributed by atoms with Crippen LogP contribution in [0.4, 0.5) is 0 Å². The van der Waals surface area contributed by atoms with E-state index < -0.39 is 0 Å². The summed E-state index contributed by atoms with van der Waals surface area (Å²) in [6.45, 7) is 4.58. The SMILES string of the molecule is CCC[CH2][Sn][CH2]CCC.c1ccsc1. The van der Waals surface area contributed by atoms with Gasteiger partial charge in [-0.1, -0.05) is 12.1 Å². The van der Waals surface area contributed by atoms with E-state index in [4.69, 9.17) is 0 Å². The summed E-state index contributed by atoms with van der Waals surface area (Å²) in [5.41, 5.74) is 0. The first-order chi connectivity index (χ1) is 6.91. The van der Waals surface area contributed by atoms with Crippen LogP contribution in [0.3, 0.4) is 0 Å². The molecule has 0 bridgehead atoms. The molecule has 0 aliphatic heterocycles. The van der Waals surface area contributed by atoms with E-state index in [2.05, 4.69) is 13.8 Å². The molecule has 1 rings (SSSR count). The summed E-state index contributed by atoms with van der Waals surface area (Å²) < 4.78 is 3.25. The quantitative estimate of drug-likeness (QED) is 0.518. The zero-order chi connectivity index (χ0) is 10.5. The second-order valence-electron chi connectivity index (χ2n) is 3.25. The van der Waals surface area contributed by atoms with Crippen LogP contribution in [-0.2, 0) is 0 Å². The largest absolute Gasteiger partial charge is 0.152 e. The second kappa shape index (κ2) is 13.5. The molecule has 1 heterocycles. The molecular weight excluding hydrogens is 295 g/mol. The van der Waals surface area contributed by atoms with Gasteiger partial charge in [0.15, 0.2) is 0 Å². The summed E-state index contributed by atoms with van der Waals surface area (Å²) in [6, 6.07) is 4.04. The zero-order valence-corrected chi connectivity index (χ0v) is 13.1. The van der Waals surface area contributed by atoms with Gasteiger partial charge in [0.25, 0.3) is 0 Å². The van der Waals surface area contributed by atoms with E-state index in [1.165, 1.54) is 25.7 Å². The maximum atomic E-state index is 2.29. The molecule has 0 fully saturated rings. The van der Waals surface area contributed by atoms with E-state index in [9.17, 15) is 0 Å².